The summed E-state index contributed by atoms with van der Waals surface area (Å²) >= 11 is 0. The van der Waals surface area contributed by atoms with Gasteiger partial charge in [0, 0.05) is 43.5 Å². The molecule has 1 saturated heterocycles. The second kappa shape index (κ2) is 6.35. The molecular formula is C16H25N7O. The molecule has 0 aromatic carbocycles. The molecule has 1 aliphatic rings. The molecule has 0 aliphatic carbocycles. The largest absolute Gasteiger partial charge is 0.354 e. The number of carbonyl (C=O) groups is 1. The smallest absolute Gasteiger partial charge is 0.254 e. The Hall–Kier alpha value is -2.22. The molecule has 0 radical (unpaired) electrons. The minimum atomic E-state index is -0.188. The Bertz CT molecular complexity index is 726. The van der Waals surface area contributed by atoms with Crippen molar-refractivity contribution in [1.82, 2.24) is 29.8 Å². The van der Waals surface area contributed by atoms with Crippen molar-refractivity contribution in [3.8, 4) is 0 Å². The lowest BCUT2D eigenvalue weighted by atomic mass is 10.1. The van der Waals surface area contributed by atoms with Gasteiger partial charge in [0.05, 0.1) is 6.54 Å². The number of piperazine rings is 1. The van der Waals surface area contributed by atoms with E-state index in [1.165, 1.54) is 6.33 Å². The number of carbonyl (C=O) groups excluding carboxylic acids is 1. The normalized spacial score (nSPS) is 16.6. The number of amides is 1. The minimum absolute atomic E-state index is 0.0781. The molecule has 1 aliphatic heterocycles. The number of anilines is 1. The minimum Gasteiger partial charge on any atom is -0.354 e. The molecule has 1 N–H and O–H groups in total. The average Bonchev–Trinajstić information content (AvgIpc) is 2.93. The number of nitrogens with zero attached hydrogens (tertiary/aromatic N) is 6. The molecule has 1 fully saturated rings. The van der Waals surface area contributed by atoms with Crippen molar-refractivity contribution in [2.45, 2.75) is 33.2 Å². The highest BCUT2D eigenvalue weighted by Crippen LogP contribution is 2.17. The number of aryl methyl sites for hydroxylation is 1. The second-order valence-corrected chi connectivity index (χ2v) is 7.29. The number of hydrogen-bond acceptors (Lipinski definition) is 6. The zero-order chi connectivity index (χ0) is 17.3. The van der Waals surface area contributed by atoms with Crippen LogP contribution >= 0.6 is 0 Å². The van der Waals surface area contributed by atoms with E-state index in [0.29, 0.717) is 12.3 Å². The lowest BCUT2D eigenvalue weighted by molar-refractivity contribution is -0.123. The van der Waals surface area contributed by atoms with Crippen LogP contribution in [-0.4, -0.2) is 68.7 Å². The van der Waals surface area contributed by atoms with E-state index in [-0.39, 0.29) is 11.4 Å². The fourth-order valence-electron chi connectivity index (χ4n) is 2.93. The Balaban J connectivity index is 1.62. The maximum Gasteiger partial charge on any atom is 0.254 e. The first kappa shape index (κ1) is 16.6. The standard InChI is InChI=1S/C16H25N7O/c1-12-9-14(23-15(19-12)17-11-18-23)22-7-5-21(6-8-22)10-13(24)20-16(2,3)4/h9,11H,5-8,10H2,1-4H3,(H,20,24). The fraction of sp³-hybridized carbons (Fsp3) is 0.625. The molecule has 8 nitrogen and oxygen atoms in total. The van der Waals surface area contributed by atoms with Gasteiger partial charge in [-0.2, -0.15) is 14.6 Å². The van der Waals surface area contributed by atoms with E-state index < -0.39 is 0 Å². The van der Waals surface area contributed by atoms with Crippen LogP contribution in [-0.2, 0) is 4.79 Å². The quantitative estimate of drug-likeness (QED) is 0.881. The highest BCUT2D eigenvalue weighted by Gasteiger charge is 2.23. The lowest BCUT2D eigenvalue weighted by Gasteiger charge is -2.36. The van der Waals surface area contributed by atoms with Gasteiger partial charge in [-0.05, 0) is 27.7 Å². The third kappa shape index (κ3) is 3.81. The molecule has 0 spiro atoms. The van der Waals surface area contributed by atoms with Crippen molar-refractivity contribution in [1.29, 1.82) is 0 Å². The number of hydrogen-bond donors (Lipinski definition) is 1. The molecule has 3 rings (SSSR count). The third-order valence-corrected chi connectivity index (χ3v) is 3.94. The summed E-state index contributed by atoms with van der Waals surface area (Å²) in [5, 5.41) is 7.28. The molecule has 3 heterocycles. The van der Waals surface area contributed by atoms with Crippen molar-refractivity contribution in [3.63, 3.8) is 0 Å². The Morgan fingerprint density at radius 2 is 1.96 bits per heavy atom. The van der Waals surface area contributed by atoms with Crippen molar-refractivity contribution in [2.75, 3.05) is 37.6 Å². The third-order valence-electron chi connectivity index (χ3n) is 3.94. The predicted octanol–water partition coefficient (Wildman–Crippen LogP) is 0.469. The highest BCUT2D eigenvalue weighted by atomic mass is 16.2. The van der Waals surface area contributed by atoms with Gasteiger partial charge in [0.25, 0.3) is 5.78 Å². The summed E-state index contributed by atoms with van der Waals surface area (Å²) in [4.78, 5) is 25.1. The summed E-state index contributed by atoms with van der Waals surface area (Å²) in [5.41, 5.74) is 0.740. The summed E-state index contributed by atoms with van der Waals surface area (Å²) in [6.07, 6.45) is 1.53. The van der Waals surface area contributed by atoms with Gasteiger partial charge in [-0.3, -0.25) is 9.69 Å². The van der Waals surface area contributed by atoms with Gasteiger partial charge in [-0.1, -0.05) is 0 Å². The number of aromatic nitrogens is 4. The van der Waals surface area contributed by atoms with Gasteiger partial charge in [0.2, 0.25) is 5.91 Å². The molecule has 0 bridgehead atoms. The molecule has 2 aromatic rings. The van der Waals surface area contributed by atoms with E-state index in [1.54, 1.807) is 4.52 Å². The van der Waals surface area contributed by atoms with E-state index >= 15 is 0 Å². The first-order chi connectivity index (χ1) is 11.3. The van der Waals surface area contributed by atoms with Crippen LogP contribution in [0.4, 0.5) is 5.82 Å². The molecule has 0 atom stereocenters. The van der Waals surface area contributed by atoms with Crippen LogP contribution in [0, 0.1) is 6.92 Å². The maximum atomic E-state index is 12.1. The maximum absolute atomic E-state index is 12.1. The van der Waals surface area contributed by atoms with Crippen LogP contribution in [0.25, 0.3) is 5.78 Å². The first-order valence-corrected chi connectivity index (χ1v) is 8.27. The van der Waals surface area contributed by atoms with E-state index in [1.807, 2.05) is 33.8 Å². The first-order valence-electron chi connectivity index (χ1n) is 8.27. The van der Waals surface area contributed by atoms with Crippen molar-refractivity contribution < 1.29 is 4.79 Å². The van der Waals surface area contributed by atoms with Crippen LogP contribution < -0.4 is 10.2 Å². The van der Waals surface area contributed by atoms with Crippen LogP contribution in [0.15, 0.2) is 12.4 Å². The lowest BCUT2D eigenvalue weighted by Crippen LogP contribution is -2.52. The van der Waals surface area contributed by atoms with Crippen LogP contribution in [0.1, 0.15) is 26.5 Å². The molecular weight excluding hydrogens is 306 g/mol. The number of nitrogens with one attached hydrogen (secondary N) is 1. The van der Waals surface area contributed by atoms with E-state index in [9.17, 15) is 4.79 Å². The van der Waals surface area contributed by atoms with Gasteiger partial charge in [-0.15, -0.1) is 0 Å². The Morgan fingerprint density at radius 1 is 1.25 bits per heavy atom. The van der Waals surface area contributed by atoms with Gasteiger partial charge >= 0.3 is 0 Å². The predicted molar refractivity (Wildman–Crippen MR) is 92.1 cm³/mol. The number of fused-ring (bicyclic) bond motifs is 1. The average molecular weight is 331 g/mol. The van der Waals surface area contributed by atoms with Crippen LogP contribution in [0.5, 0.6) is 0 Å². The van der Waals surface area contributed by atoms with E-state index in [4.69, 9.17) is 0 Å². The van der Waals surface area contributed by atoms with Crippen molar-refractivity contribution in [3.05, 3.63) is 18.1 Å². The Kier molecular flexibility index (Phi) is 4.40. The molecule has 0 saturated carbocycles. The van der Waals surface area contributed by atoms with Crippen molar-refractivity contribution >= 4 is 17.5 Å². The number of rotatable bonds is 3. The van der Waals surface area contributed by atoms with Gasteiger partial charge in [0.1, 0.15) is 12.1 Å². The summed E-state index contributed by atoms with van der Waals surface area (Å²) in [7, 11) is 0. The van der Waals surface area contributed by atoms with Gasteiger partial charge < -0.3 is 10.2 Å². The molecule has 130 valence electrons. The van der Waals surface area contributed by atoms with Crippen molar-refractivity contribution in [2.24, 2.45) is 0 Å². The SMILES string of the molecule is Cc1cc(N2CCN(CC(=O)NC(C)(C)C)CC2)n2ncnc2n1. The summed E-state index contributed by atoms with van der Waals surface area (Å²) in [5.74, 6) is 1.71. The molecule has 1 amide bonds. The molecule has 8 heteroatoms. The molecule has 0 unspecified atom stereocenters. The van der Waals surface area contributed by atoms with Gasteiger partial charge in [-0.25, -0.2) is 4.98 Å². The topological polar surface area (TPSA) is 78.7 Å². The van der Waals surface area contributed by atoms with Crippen LogP contribution in [0.3, 0.4) is 0 Å². The summed E-state index contributed by atoms with van der Waals surface area (Å²) in [6, 6.07) is 2.03. The highest BCUT2D eigenvalue weighted by molar-refractivity contribution is 5.78. The fourth-order valence-corrected chi connectivity index (χ4v) is 2.93. The van der Waals surface area contributed by atoms with E-state index in [2.05, 4.69) is 30.2 Å². The zero-order valence-electron chi connectivity index (χ0n) is 14.8. The second-order valence-electron chi connectivity index (χ2n) is 7.29. The van der Waals surface area contributed by atoms with Gasteiger partial charge in [0.15, 0.2) is 0 Å². The summed E-state index contributed by atoms with van der Waals surface area (Å²) < 4.78 is 1.77. The molecule has 2 aromatic heterocycles. The van der Waals surface area contributed by atoms with Crippen LogP contribution in [0.2, 0.25) is 0 Å². The monoisotopic (exact) mass is 331 g/mol. The Labute approximate surface area is 141 Å². The zero-order valence-corrected chi connectivity index (χ0v) is 14.8. The van der Waals surface area contributed by atoms with E-state index in [0.717, 1.165) is 37.7 Å². The molecule has 24 heavy (non-hydrogen) atoms. The Morgan fingerprint density at radius 3 is 2.62 bits per heavy atom. The summed E-state index contributed by atoms with van der Waals surface area (Å²) in [6.45, 7) is 11.8.